The first-order valence-corrected chi connectivity index (χ1v) is 6.88. The summed E-state index contributed by atoms with van der Waals surface area (Å²) in [7, 11) is 0. The van der Waals surface area contributed by atoms with Gasteiger partial charge < -0.3 is 15.2 Å². The van der Waals surface area contributed by atoms with Crippen LogP contribution in [0.1, 0.15) is 11.1 Å². The van der Waals surface area contributed by atoms with Crippen LogP contribution in [0, 0.1) is 0 Å². The summed E-state index contributed by atoms with van der Waals surface area (Å²) in [6.45, 7) is 1.88. The standard InChI is InChI=1S/C17H21NO2/c19-12-17(18-11-15-7-3-1-4-8-15)14-20-13-16-9-5-2-6-10-16/h1-10,17-19H,11-14H2. The number of benzene rings is 2. The summed E-state index contributed by atoms with van der Waals surface area (Å²) >= 11 is 0. The average molecular weight is 271 g/mol. The molecular weight excluding hydrogens is 250 g/mol. The Morgan fingerprint density at radius 3 is 2.10 bits per heavy atom. The van der Waals surface area contributed by atoms with E-state index in [-0.39, 0.29) is 12.6 Å². The van der Waals surface area contributed by atoms with Gasteiger partial charge in [-0.05, 0) is 11.1 Å². The molecule has 20 heavy (non-hydrogen) atoms. The molecule has 0 aromatic heterocycles. The summed E-state index contributed by atoms with van der Waals surface area (Å²) in [5, 5.41) is 12.7. The monoisotopic (exact) mass is 271 g/mol. The van der Waals surface area contributed by atoms with Gasteiger partial charge in [0.05, 0.1) is 25.9 Å². The molecule has 106 valence electrons. The van der Waals surface area contributed by atoms with Crippen molar-refractivity contribution < 1.29 is 9.84 Å². The molecule has 1 atom stereocenters. The Morgan fingerprint density at radius 2 is 1.50 bits per heavy atom. The van der Waals surface area contributed by atoms with Crippen molar-refractivity contribution >= 4 is 0 Å². The maximum Gasteiger partial charge on any atom is 0.0717 e. The molecular formula is C17H21NO2. The zero-order chi connectivity index (χ0) is 14.0. The molecule has 2 aromatic carbocycles. The Hall–Kier alpha value is -1.68. The molecule has 0 aliphatic heterocycles. The molecule has 3 heteroatoms. The predicted molar refractivity (Wildman–Crippen MR) is 80.3 cm³/mol. The number of hydrogen-bond acceptors (Lipinski definition) is 3. The van der Waals surface area contributed by atoms with Crippen molar-refractivity contribution in [1.29, 1.82) is 0 Å². The van der Waals surface area contributed by atoms with Gasteiger partial charge in [0.25, 0.3) is 0 Å². The maximum absolute atomic E-state index is 9.36. The highest BCUT2D eigenvalue weighted by atomic mass is 16.5. The van der Waals surface area contributed by atoms with Crippen LogP contribution in [0.5, 0.6) is 0 Å². The number of aliphatic hydroxyl groups is 1. The summed E-state index contributed by atoms with van der Waals surface area (Å²) in [5.41, 5.74) is 2.35. The first-order chi connectivity index (χ1) is 9.88. The largest absolute Gasteiger partial charge is 0.395 e. The van der Waals surface area contributed by atoms with E-state index in [1.54, 1.807) is 0 Å². The molecule has 3 nitrogen and oxygen atoms in total. The molecule has 2 rings (SSSR count). The number of hydrogen-bond donors (Lipinski definition) is 2. The second kappa shape index (κ2) is 8.48. The SMILES string of the molecule is OCC(COCc1ccccc1)NCc1ccccc1. The van der Waals surface area contributed by atoms with Gasteiger partial charge in [-0.25, -0.2) is 0 Å². The van der Waals surface area contributed by atoms with Gasteiger partial charge in [-0.2, -0.15) is 0 Å². The van der Waals surface area contributed by atoms with Crippen LogP contribution in [0.15, 0.2) is 60.7 Å². The van der Waals surface area contributed by atoms with Gasteiger partial charge >= 0.3 is 0 Å². The third kappa shape index (κ3) is 5.13. The second-order valence-corrected chi connectivity index (χ2v) is 4.75. The molecule has 0 fully saturated rings. The summed E-state index contributed by atoms with van der Waals surface area (Å²) in [5.74, 6) is 0. The van der Waals surface area contributed by atoms with Gasteiger partial charge in [0, 0.05) is 6.54 Å². The lowest BCUT2D eigenvalue weighted by Gasteiger charge is -2.16. The van der Waals surface area contributed by atoms with Gasteiger partial charge in [-0.15, -0.1) is 0 Å². The smallest absolute Gasteiger partial charge is 0.0717 e. The molecule has 0 saturated carbocycles. The fraction of sp³-hybridized carbons (Fsp3) is 0.294. The van der Waals surface area contributed by atoms with E-state index >= 15 is 0 Å². The fourth-order valence-electron chi connectivity index (χ4n) is 1.93. The zero-order valence-corrected chi connectivity index (χ0v) is 11.5. The Balaban J connectivity index is 1.70. The van der Waals surface area contributed by atoms with E-state index in [1.165, 1.54) is 5.56 Å². The predicted octanol–water partition coefficient (Wildman–Crippen LogP) is 2.35. The number of ether oxygens (including phenoxy) is 1. The van der Waals surface area contributed by atoms with Crippen LogP contribution in [0.2, 0.25) is 0 Å². The molecule has 0 amide bonds. The van der Waals surface area contributed by atoms with Gasteiger partial charge in [0.1, 0.15) is 0 Å². The lowest BCUT2D eigenvalue weighted by atomic mass is 10.2. The molecule has 0 bridgehead atoms. The summed E-state index contributed by atoms with van der Waals surface area (Å²) in [6.07, 6.45) is 0. The fourth-order valence-corrected chi connectivity index (χ4v) is 1.93. The van der Waals surface area contributed by atoms with Crippen LogP contribution in [-0.4, -0.2) is 24.4 Å². The van der Waals surface area contributed by atoms with Crippen molar-refractivity contribution in [2.75, 3.05) is 13.2 Å². The van der Waals surface area contributed by atoms with Crippen LogP contribution >= 0.6 is 0 Å². The molecule has 0 spiro atoms. The minimum atomic E-state index is -0.0427. The van der Waals surface area contributed by atoms with Crippen molar-refractivity contribution in [3.8, 4) is 0 Å². The highest BCUT2D eigenvalue weighted by molar-refractivity contribution is 5.14. The molecule has 0 aliphatic rings. The summed E-state index contributed by atoms with van der Waals surface area (Å²) in [6, 6.07) is 20.1. The third-order valence-electron chi connectivity index (χ3n) is 3.09. The zero-order valence-electron chi connectivity index (χ0n) is 11.5. The van der Waals surface area contributed by atoms with E-state index in [2.05, 4.69) is 17.4 Å². The number of aliphatic hydroxyl groups excluding tert-OH is 1. The minimum absolute atomic E-state index is 0.0427. The first kappa shape index (κ1) is 14.7. The van der Waals surface area contributed by atoms with E-state index in [1.807, 2.05) is 48.5 Å². The Bertz CT molecular complexity index is 473. The first-order valence-electron chi connectivity index (χ1n) is 6.88. The Kier molecular flexibility index (Phi) is 6.24. The Labute approximate surface area is 120 Å². The lowest BCUT2D eigenvalue weighted by Crippen LogP contribution is -2.36. The lowest BCUT2D eigenvalue weighted by molar-refractivity contribution is 0.0777. The highest BCUT2D eigenvalue weighted by Crippen LogP contribution is 2.02. The Morgan fingerprint density at radius 1 is 0.900 bits per heavy atom. The molecule has 0 aliphatic carbocycles. The number of rotatable bonds is 8. The summed E-state index contributed by atoms with van der Waals surface area (Å²) in [4.78, 5) is 0. The van der Waals surface area contributed by atoms with Crippen LogP contribution < -0.4 is 5.32 Å². The summed E-state index contributed by atoms with van der Waals surface area (Å²) < 4.78 is 5.64. The van der Waals surface area contributed by atoms with Crippen molar-refractivity contribution in [3.05, 3.63) is 71.8 Å². The quantitative estimate of drug-likeness (QED) is 0.774. The molecule has 0 heterocycles. The van der Waals surface area contributed by atoms with Crippen molar-refractivity contribution in [1.82, 2.24) is 5.32 Å². The van der Waals surface area contributed by atoms with E-state index in [4.69, 9.17) is 4.74 Å². The number of nitrogens with one attached hydrogen (secondary N) is 1. The van der Waals surface area contributed by atoms with Crippen LogP contribution in [-0.2, 0) is 17.9 Å². The average Bonchev–Trinajstić information content (AvgIpc) is 2.52. The van der Waals surface area contributed by atoms with E-state index in [0.29, 0.717) is 13.2 Å². The molecule has 0 radical (unpaired) electrons. The normalized spacial score (nSPS) is 12.2. The van der Waals surface area contributed by atoms with E-state index < -0.39 is 0 Å². The van der Waals surface area contributed by atoms with Gasteiger partial charge in [0.15, 0.2) is 0 Å². The van der Waals surface area contributed by atoms with Gasteiger partial charge in [-0.1, -0.05) is 60.7 Å². The van der Waals surface area contributed by atoms with Crippen molar-refractivity contribution in [2.45, 2.75) is 19.2 Å². The van der Waals surface area contributed by atoms with E-state index in [9.17, 15) is 5.11 Å². The molecule has 1 unspecified atom stereocenters. The van der Waals surface area contributed by atoms with Gasteiger partial charge in [-0.3, -0.25) is 0 Å². The van der Waals surface area contributed by atoms with Crippen LogP contribution in [0.3, 0.4) is 0 Å². The highest BCUT2D eigenvalue weighted by Gasteiger charge is 2.06. The van der Waals surface area contributed by atoms with Gasteiger partial charge in [0.2, 0.25) is 0 Å². The minimum Gasteiger partial charge on any atom is -0.395 e. The van der Waals surface area contributed by atoms with Crippen molar-refractivity contribution in [2.24, 2.45) is 0 Å². The molecule has 2 aromatic rings. The maximum atomic E-state index is 9.36. The third-order valence-corrected chi connectivity index (χ3v) is 3.09. The molecule has 2 N–H and O–H groups in total. The van der Waals surface area contributed by atoms with E-state index in [0.717, 1.165) is 12.1 Å². The van der Waals surface area contributed by atoms with Crippen LogP contribution in [0.4, 0.5) is 0 Å². The second-order valence-electron chi connectivity index (χ2n) is 4.75. The molecule has 0 saturated heterocycles. The van der Waals surface area contributed by atoms with Crippen LogP contribution in [0.25, 0.3) is 0 Å². The van der Waals surface area contributed by atoms with Crippen molar-refractivity contribution in [3.63, 3.8) is 0 Å². The topological polar surface area (TPSA) is 41.5 Å².